The van der Waals surface area contributed by atoms with Gasteiger partial charge in [-0.05, 0) is 54.5 Å². The second kappa shape index (κ2) is 6.36. The van der Waals surface area contributed by atoms with Crippen molar-refractivity contribution in [1.29, 1.82) is 0 Å². The van der Waals surface area contributed by atoms with Crippen molar-refractivity contribution in [2.45, 2.75) is 65.5 Å². The summed E-state index contributed by atoms with van der Waals surface area (Å²) in [5, 5.41) is 3.36. The Balaban J connectivity index is 3.52. The molecular weight excluding hydrogens is 202 g/mol. The van der Waals surface area contributed by atoms with E-state index in [4.69, 9.17) is 4.74 Å². The van der Waals surface area contributed by atoms with Crippen molar-refractivity contribution in [3.8, 4) is 0 Å². The van der Waals surface area contributed by atoms with E-state index < -0.39 is 0 Å². The Morgan fingerprint density at radius 2 is 1.69 bits per heavy atom. The van der Waals surface area contributed by atoms with Crippen LogP contribution in [0.3, 0.4) is 0 Å². The van der Waals surface area contributed by atoms with Gasteiger partial charge in [-0.3, -0.25) is 4.79 Å². The molecular formula is C13H27NO2. The van der Waals surface area contributed by atoms with Crippen LogP contribution in [-0.4, -0.2) is 30.1 Å². The second-order valence-corrected chi connectivity index (χ2v) is 6.22. The van der Waals surface area contributed by atoms with Crippen LogP contribution in [0.4, 0.5) is 0 Å². The van der Waals surface area contributed by atoms with E-state index in [0.29, 0.717) is 6.42 Å². The first kappa shape index (κ1) is 15.6. The molecule has 0 rings (SSSR count). The summed E-state index contributed by atoms with van der Waals surface area (Å²) in [5.74, 6) is 0.186. The lowest BCUT2D eigenvalue weighted by Gasteiger charge is -2.21. The molecule has 0 aromatic rings. The molecule has 0 saturated heterocycles. The number of ketones is 1. The van der Waals surface area contributed by atoms with Crippen LogP contribution in [0.25, 0.3) is 0 Å². The number of carbonyl (C=O) groups excluding carboxylic acids is 1. The first-order chi connectivity index (χ1) is 7.10. The highest BCUT2D eigenvalue weighted by atomic mass is 16.5. The lowest BCUT2D eigenvalue weighted by Crippen LogP contribution is -2.36. The molecule has 0 spiro atoms. The predicted octanol–water partition coefficient (Wildman–Crippen LogP) is 2.54. The van der Waals surface area contributed by atoms with Crippen molar-refractivity contribution < 1.29 is 9.53 Å². The number of hydrogen-bond donors (Lipinski definition) is 1. The number of carbonyl (C=O) groups is 1. The van der Waals surface area contributed by atoms with E-state index in [9.17, 15) is 4.79 Å². The third kappa shape index (κ3) is 11.7. The molecule has 0 atom stereocenters. The van der Waals surface area contributed by atoms with Gasteiger partial charge < -0.3 is 10.1 Å². The number of nitrogens with one attached hydrogen (secondary N) is 1. The zero-order chi connectivity index (χ0) is 12.8. The molecule has 0 aliphatic rings. The molecule has 0 heterocycles. The van der Waals surface area contributed by atoms with Gasteiger partial charge in [0.05, 0.1) is 5.60 Å². The average Bonchev–Trinajstić information content (AvgIpc) is 2.06. The molecule has 0 aliphatic carbocycles. The Morgan fingerprint density at radius 3 is 2.12 bits per heavy atom. The Hall–Kier alpha value is -0.410. The molecule has 0 radical (unpaired) electrons. The largest absolute Gasteiger partial charge is 0.368 e. The van der Waals surface area contributed by atoms with Crippen molar-refractivity contribution in [2.24, 2.45) is 0 Å². The Labute approximate surface area is 99.9 Å². The van der Waals surface area contributed by atoms with E-state index in [2.05, 4.69) is 26.1 Å². The summed E-state index contributed by atoms with van der Waals surface area (Å²) in [6, 6.07) is 0. The minimum atomic E-state index is -0.223. The van der Waals surface area contributed by atoms with Gasteiger partial charge in [-0.2, -0.15) is 0 Å². The van der Waals surface area contributed by atoms with E-state index >= 15 is 0 Å². The van der Waals surface area contributed by atoms with Crippen molar-refractivity contribution in [3.63, 3.8) is 0 Å². The molecule has 0 aromatic carbocycles. The molecule has 0 aliphatic heterocycles. The molecule has 16 heavy (non-hydrogen) atoms. The number of Topliss-reactive ketones (excluding diaryl/α,β-unsaturated/α-hetero) is 1. The maximum Gasteiger partial charge on any atom is 0.158 e. The molecule has 3 nitrogen and oxygen atoms in total. The SMILES string of the molecule is CC(C)(C)NCCCC(=O)COC(C)(C)C. The van der Waals surface area contributed by atoms with Gasteiger partial charge >= 0.3 is 0 Å². The van der Waals surface area contributed by atoms with Gasteiger partial charge in [0.2, 0.25) is 0 Å². The normalized spacial score (nSPS) is 12.9. The summed E-state index contributed by atoms with van der Waals surface area (Å²) >= 11 is 0. The van der Waals surface area contributed by atoms with Crippen LogP contribution in [0.15, 0.2) is 0 Å². The van der Waals surface area contributed by atoms with Gasteiger partial charge in [-0.1, -0.05) is 0 Å². The summed E-state index contributed by atoms with van der Waals surface area (Å²) in [5.41, 5.74) is -0.0930. The Morgan fingerprint density at radius 1 is 1.12 bits per heavy atom. The quantitative estimate of drug-likeness (QED) is 0.711. The summed E-state index contributed by atoms with van der Waals surface area (Å²) in [4.78, 5) is 11.5. The molecule has 0 unspecified atom stereocenters. The average molecular weight is 229 g/mol. The van der Waals surface area contributed by atoms with E-state index in [1.54, 1.807) is 0 Å². The Bertz CT molecular complexity index is 211. The smallest absolute Gasteiger partial charge is 0.158 e. The maximum absolute atomic E-state index is 11.5. The minimum Gasteiger partial charge on any atom is -0.368 e. The second-order valence-electron chi connectivity index (χ2n) is 6.22. The zero-order valence-electron chi connectivity index (χ0n) is 11.6. The maximum atomic E-state index is 11.5. The number of hydrogen-bond acceptors (Lipinski definition) is 3. The van der Waals surface area contributed by atoms with E-state index in [0.717, 1.165) is 13.0 Å². The zero-order valence-corrected chi connectivity index (χ0v) is 11.6. The summed E-state index contributed by atoms with van der Waals surface area (Å²) in [6.45, 7) is 13.4. The van der Waals surface area contributed by atoms with Gasteiger partial charge in [0, 0.05) is 12.0 Å². The molecule has 0 aromatic heterocycles. The van der Waals surface area contributed by atoms with E-state index in [-0.39, 0.29) is 23.5 Å². The fourth-order valence-electron chi connectivity index (χ4n) is 1.12. The molecule has 96 valence electrons. The van der Waals surface area contributed by atoms with E-state index in [1.165, 1.54) is 0 Å². The van der Waals surface area contributed by atoms with Gasteiger partial charge in [0.1, 0.15) is 6.61 Å². The van der Waals surface area contributed by atoms with Crippen LogP contribution in [0.2, 0.25) is 0 Å². The highest BCUT2D eigenvalue weighted by Gasteiger charge is 2.13. The minimum absolute atomic E-state index is 0.130. The van der Waals surface area contributed by atoms with Crippen LogP contribution < -0.4 is 5.32 Å². The predicted molar refractivity (Wildman–Crippen MR) is 67.7 cm³/mol. The fourth-order valence-corrected chi connectivity index (χ4v) is 1.12. The lowest BCUT2D eigenvalue weighted by molar-refractivity contribution is -0.128. The number of rotatable bonds is 6. The highest BCUT2D eigenvalue weighted by Crippen LogP contribution is 2.07. The Kier molecular flexibility index (Phi) is 6.19. The van der Waals surface area contributed by atoms with E-state index in [1.807, 2.05) is 20.8 Å². The topological polar surface area (TPSA) is 38.3 Å². The molecule has 0 saturated carbocycles. The summed E-state index contributed by atoms with van der Waals surface area (Å²) < 4.78 is 5.42. The van der Waals surface area contributed by atoms with Crippen molar-refractivity contribution in [3.05, 3.63) is 0 Å². The van der Waals surface area contributed by atoms with Crippen LogP contribution >= 0.6 is 0 Å². The summed E-state index contributed by atoms with van der Waals surface area (Å²) in [6.07, 6.45) is 1.47. The van der Waals surface area contributed by atoms with Gasteiger partial charge in [0.25, 0.3) is 0 Å². The van der Waals surface area contributed by atoms with Gasteiger partial charge in [-0.25, -0.2) is 0 Å². The molecule has 3 heteroatoms. The van der Waals surface area contributed by atoms with Crippen molar-refractivity contribution in [1.82, 2.24) is 5.32 Å². The lowest BCUT2D eigenvalue weighted by atomic mass is 10.1. The third-order valence-electron chi connectivity index (χ3n) is 1.95. The monoisotopic (exact) mass is 229 g/mol. The van der Waals surface area contributed by atoms with Crippen molar-refractivity contribution >= 4 is 5.78 Å². The third-order valence-corrected chi connectivity index (χ3v) is 1.95. The van der Waals surface area contributed by atoms with Crippen molar-refractivity contribution in [2.75, 3.05) is 13.2 Å². The summed E-state index contributed by atoms with van der Waals surface area (Å²) in [7, 11) is 0. The fraction of sp³-hybridized carbons (Fsp3) is 0.923. The highest BCUT2D eigenvalue weighted by molar-refractivity contribution is 5.79. The van der Waals surface area contributed by atoms with Crippen LogP contribution in [0.1, 0.15) is 54.4 Å². The van der Waals surface area contributed by atoms with Crippen LogP contribution in [0, 0.1) is 0 Å². The van der Waals surface area contributed by atoms with Gasteiger partial charge in [-0.15, -0.1) is 0 Å². The molecule has 0 bridgehead atoms. The molecule has 0 amide bonds. The molecule has 1 N–H and O–H groups in total. The van der Waals surface area contributed by atoms with Crippen LogP contribution in [0.5, 0.6) is 0 Å². The van der Waals surface area contributed by atoms with Crippen LogP contribution in [-0.2, 0) is 9.53 Å². The first-order valence-corrected chi connectivity index (χ1v) is 6.01. The van der Waals surface area contributed by atoms with Gasteiger partial charge in [0.15, 0.2) is 5.78 Å². The number of ether oxygens (including phenoxy) is 1. The molecule has 0 fully saturated rings. The first-order valence-electron chi connectivity index (χ1n) is 6.01. The standard InChI is InChI=1S/C13H27NO2/c1-12(2,3)14-9-7-8-11(15)10-16-13(4,5)6/h14H,7-10H2,1-6H3.